The Balaban J connectivity index is 1.82. The number of hydrogen-bond acceptors (Lipinski definition) is 2. The van der Waals surface area contributed by atoms with E-state index in [1.165, 1.54) is 19.3 Å². The summed E-state index contributed by atoms with van der Waals surface area (Å²) in [6, 6.07) is 3.75. The van der Waals surface area contributed by atoms with Crippen LogP contribution in [0.2, 0.25) is 0 Å². The Kier molecular flexibility index (Phi) is 3.86. The Labute approximate surface area is 120 Å². The van der Waals surface area contributed by atoms with E-state index in [1.54, 1.807) is 6.07 Å². The van der Waals surface area contributed by atoms with Crippen molar-refractivity contribution in [2.75, 3.05) is 6.61 Å². The van der Waals surface area contributed by atoms with Crippen molar-refractivity contribution in [2.24, 2.45) is 5.92 Å². The Morgan fingerprint density at radius 1 is 1.30 bits per heavy atom. The van der Waals surface area contributed by atoms with Gasteiger partial charge in [0.2, 0.25) is 5.82 Å². The Bertz CT molecular complexity index is 486. The van der Waals surface area contributed by atoms with Gasteiger partial charge in [-0.25, -0.2) is 0 Å². The van der Waals surface area contributed by atoms with Gasteiger partial charge in [0.05, 0.1) is 6.61 Å². The highest BCUT2D eigenvalue weighted by molar-refractivity contribution is 5.48. The first-order valence-electron chi connectivity index (χ1n) is 7.86. The summed E-state index contributed by atoms with van der Waals surface area (Å²) in [6.45, 7) is 4.56. The van der Waals surface area contributed by atoms with E-state index < -0.39 is 0 Å². The Morgan fingerprint density at radius 3 is 2.90 bits per heavy atom. The normalized spacial score (nSPS) is 27.6. The summed E-state index contributed by atoms with van der Waals surface area (Å²) >= 11 is 0. The lowest BCUT2D eigenvalue weighted by molar-refractivity contribution is 0.122. The first-order chi connectivity index (χ1) is 9.74. The van der Waals surface area contributed by atoms with Gasteiger partial charge >= 0.3 is 0 Å². The van der Waals surface area contributed by atoms with Crippen molar-refractivity contribution >= 4 is 0 Å². The molecule has 2 aliphatic rings. The third-order valence-electron chi connectivity index (χ3n) is 4.66. The van der Waals surface area contributed by atoms with Gasteiger partial charge in [-0.2, -0.15) is 4.39 Å². The number of halogens is 1. The molecule has 3 atom stereocenters. The molecule has 0 spiro atoms. The monoisotopic (exact) mass is 278 g/mol. The maximum Gasteiger partial charge on any atom is 0.207 e. The quantitative estimate of drug-likeness (QED) is 0.797. The highest BCUT2D eigenvalue weighted by Crippen LogP contribution is 2.50. The summed E-state index contributed by atoms with van der Waals surface area (Å²) in [5.74, 6) is 1.57. The molecule has 2 unspecified atom stereocenters. The molecule has 1 aliphatic carbocycles. The fourth-order valence-electron chi connectivity index (χ4n) is 3.75. The molecule has 1 aliphatic heterocycles. The van der Waals surface area contributed by atoms with Crippen molar-refractivity contribution in [1.82, 2.24) is 0 Å². The number of benzene rings is 1. The zero-order valence-corrected chi connectivity index (χ0v) is 12.3. The average molecular weight is 278 g/mol. The summed E-state index contributed by atoms with van der Waals surface area (Å²) in [6.07, 6.45) is 6.08. The molecule has 1 heterocycles. The largest absolute Gasteiger partial charge is 0.491 e. The highest BCUT2D eigenvalue weighted by Gasteiger charge is 2.41. The van der Waals surface area contributed by atoms with Gasteiger partial charge in [-0.15, -0.1) is 0 Å². The van der Waals surface area contributed by atoms with Crippen LogP contribution in [-0.2, 0) is 0 Å². The van der Waals surface area contributed by atoms with E-state index >= 15 is 0 Å². The highest BCUT2D eigenvalue weighted by atomic mass is 19.1. The first kappa shape index (κ1) is 13.7. The van der Waals surface area contributed by atoms with Gasteiger partial charge in [0.15, 0.2) is 11.5 Å². The van der Waals surface area contributed by atoms with Gasteiger partial charge in [0.1, 0.15) is 6.10 Å². The SMILES string of the molecule is CCCC1CC[C@H]2c3ccc(OCC)c(F)c3OC2C1. The van der Waals surface area contributed by atoms with Gasteiger partial charge in [-0.3, -0.25) is 0 Å². The van der Waals surface area contributed by atoms with E-state index in [4.69, 9.17) is 9.47 Å². The fraction of sp³-hybridized carbons (Fsp3) is 0.647. The molecule has 0 saturated heterocycles. The van der Waals surface area contributed by atoms with Crippen LogP contribution in [0, 0.1) is 11.7 Å². The molecule has 1 fully saturated rings. The summed E-state index contributed by atoms with van der Waals surface area (Å²) in [7, 11) is 0. The van der Waals surface area contributed by atoms with Crippen LogP contribution in [0.1, 0.15) is 57.4 Å². The molecule has 2 nitrogen and oxygen atoms in total. The second-order valence-corrected chi connectivity index (χ2v) is 5.96. The zero-order chi connectivity index (χ0) is 14.1. The van der Waals surface area contributed by atoms with E-state index in [0.717, 1.165) is 24.3 Å². The van der Waals surface area contributed by atoms with Crippen LogP contribution < -0.4 is 9.47 Å². The smallest absolute Gasteiger partial charge is 0.207 e. The van der Waals surface area contributed by atoms with Gasteiger partial charge in [0, 0.05) is 11.5 Å². The minimum absolute atomic E-state index is 0.168. The molecular weight excluding hydrogens is 255 g/mol. The van der Waals surface area contributed by atoms with E-state index in [1.807, 2.05) is 13.0 Å². The number of fused-ring (bicyclic) bond motifs is 3. The van der Waals surface area contributed by atoms with Crippen LogP contribution in [-0.4, -0.2) is 12.7 Å². The van der Waals surface area contributed by atoms with E-state index in [9.17, 15) is 4.39 Å². The number of rotatable bonds is 4. The van der Waals surface area contributed by atoms with Crippen LogP contribution in [0.25, 0.3) is 0 Å². The van der Waals surface area contributed by atoms with Crippen molar-refractivity contribution in [3.05, 3.63) is 23.5 Å². The minimum Gasteiger partial charge on any atom is -0.491 e. The summed E-state index contributed by atoms with van der Waals surface area (Å²) in [4.78, 5) is 0. The van der Waals surface area contributed by atoms with Crippen LogP contribution in [0.5, 0.6) is 11.5 Å². The van der Waals surface area contributed by atoms with Crippen LogP contribution in [0.15, 0.2) is 12.1 Å². The summed E-state index contributed by atoms with van der Waals surface area (Å²) in [5, 5.41) is 0. The average Bonchev–Trinajstić information content (AvgIpc) is 2.81. The first-order valence-corrected chi connectivity index (χ1v) is 7.86. The van der Waals surface area contributed by atoms with Crippen molar-refractivity contribution in [1.29, 1.82) is 0 Å². The summed E-state index contributed by atoms with van der Waals surface area (Å²) < 4.78 is 25.7. The van der Waals surface area contributed by atoms with E-state index in [0.29, 0.717) is 24.0 Å². The third-order valence-corrected chi connectivity index (χ3v) is 4.66. The maximum absolute atomic E-state index is 14.4. The second-order valence-electron chi connectivity index (χ2n) is 5.96. The molecule has 0 amide bonds. The maximum atomic E-state index is 14.4. The van der Waals surface area contributed by atoms with Crippen LogP contribution in [0.4, 0.5) is 4.39 Å². The molecule has 20 heavy (non-hydrogen) atoms. The Hall–Kier alpha value is -1.25. The molecule has 0 bridgehead atoms. The molecular formula is C17H23FO2. The fourth-order valence-corrected chi connectivity index (χ4v) is 3.75. The third kappa shape index (κ3) is 2.27. The molecule has 1 saturated carbocycles. The number of hydrogen-bond donors (Lipinski definition) is 0. The topological polar surface area (TPSA) is 18.5 Å². The minimum atomic E-state index is -0.314. The molecule has 110 valence electrons. The zero-order valence-electron chi connectivity index (χ0n) is 12.3. The predicted octanol–water partition coefficient (Wildman–Crippen LogP) is 4.67. The van der Waals surface area contributed by atoms with Gasteiger partial charge in [-0.1, -0.05) is 25.8 Å². The van der Waals surface area contributed by atoms with Crippen molar-refractivity contribution < 1.29 is 13.9 Å². The molecule has 0 radical (unpaired) electrons. The van der Waals surface area contributed by atoms with E-state index in [-0.39, 0.29) is 11.9 Å². The molecule has 1 aromatic rings. The standard InChI is InChI=1S/C17H23FO2/c1-3-5-11-6-7-12-13-8-9-14(19-4-2)16(18)17(13)20-15(12)10-11/h8-9,11-12,15H,3-7,10H2,1-2H3/t11?,12-,15?/m0/s1. The van der Waals surface area contributed by atoms with Crippen molar-refractivity contribution in [3.63, 3.8) is 0 Å². The molecule has 0 N–H and O–H groups in total. The van der Waals surface area contributed by atoms with Gasteiger partial charge < -0.3 is 9.47 Å². The number of ether oxygens (including phenoxy) is 2. The van der Waals surface area contributed by atoms with Crippen LogP contribution >= 0.6 is 0 Å². The second kappa shape index (κ2) is 5.63. The lowest BCUT2D eigenvalue weighted by atomic mass is 9.76. The predicted molar refractivity (Wildman–Crippen MR) is 77.0 cm³/mol. The van der Waals surface area contributed by atoms with E-state index in [2.05, 4.69) is 6.92 Å². The van der Waals surface area contributed by atoms with Crippen molar-refractivity contribution in [2.45, 2.75) is 58.0 Å². The van der Waals surface area contributed by atoms with Crippen LogP contribution in [0.3, 0.4) is 0 Å². The molecule has 0 aromatic heterocycles. The van der Waals surface area contributed by atoms with Crippen molar-refractivity contribution in [3.8, 4) is 11.5 Å². The van der Waals surface area contributed by atoms with Gasteiger partial charge in [0.25, 0.3) is 0 Å². The Morgan fingerprint density at radius 2 is 2.15 bits per heavy atom. The molecule has 3 rings (SSSR count). The lowest BCUT2D eigenvalue weighted by Crippen LogP contribution is -2.28. The summed E-state index contributed by atoms with van der Waals surface area (Å²) in [5.41, 5.74) is 1.05. The molecule has 1 aromatic carbocycles. The molecule has 3 heteroatoms. The van der Waals surface area contributed by atoms with Gasteiger partial charge in [-0.05, 0) is 38.2 Å². The lowest BCUT2D eigenvalue weighted by Gasteiger charge is -2.30.